The largest absolute Gasteiger partial charge is 0.495 e. The number of ether oxygens (including phenoxy) is 1. The van der Waals surface area contributed by atoms with Crippen molar-refractivity contribution >= 4 is 11.6 Å². The van der Waals surface area contributed by atoms with Crippen molar-refractivity contribution in [1.82, 2.24) is 29.9 Å². The lowest BCUT2D eigenvalue weighted by atomic mass is 9.43. The Balaban J connectivity index is 1.39. The molecule has 9 heteroatoms. The van der Waals surface area contributed by atoms with Crippen LogP contribution in [0.3, 0.4) is 0 Å². The van der Waals surface area contributed by atoms with Crippen LogP contribution in [0.15, 0.2) is 24.5 Å². The molecule has 4 aliphatic rings. The highest BCUT2D eigenvalue weighted by molar-refractivity contribution is 5.62. The van der Waals surface area contributed by atoms with Crippen LogP contribution in [0.1, 0.15) is 25.0 Å². The monoisotopic (exact) mass is 395 g/mol. The smallest absolute Gasteiger partial charge is 0.223 e. The molecule has 150 valence electrons. The molecule has 4 fully saturated rings. The van der Waals surface area contributed by atoms with Gasteiger partial charge < -0.3 is 15.4 Å². The molecule has 0 aromatic carbocycles. The molecule has 2 N–H and O–H groups in total. The lowest BCUT2D eigenvalue weighted by molar-refractivity contribution is -0.0333. The van der Waals surface area contributed by atoms with Crippen molar-refractivity contribution in [1.29, 1.82) is 0 Å². The maximum Gasteiger partial charge on any atom is 0.223 e. The standard InChI is InChI=1S/C20H22FN7O/c1-29-16-4-17-24-10-15(28(17)27-18(16)20-5-11(6-20)7-20)13-2-3-23-19(25-13)26-14-9-22-8-12(14)21/h2-4,10-12,14,22H,5-9H2,1H3,(H,23,25,26)/t11?,12-,14-,20?/m0/s1. The minimum absolute atomic E-state index is 0.162. The van der Waals surface area contributed by atoms with Gasteiger partial charge in [0.05, 0.1) is 25.0 Å². The minimum Gasteiger partial charge on any atom is -0.495 e. The number of anilines is 1. The van der Waals surface area contributed by atoms with Gasteiger partial charge in [0.25, 0.3) is 0 Å². The van der Waals surface area contributed by atoms with E-state index < -0.39 is 6.17 Å². The number of nitrogens with zero attached hydrogens (tertiary/aromatic N) is 5. The van der Waals surface area contributed by atoms with Crippen LogP contribution in [-0.2, 0) is 5.41 Å². The molecule has 29 heavy (non-hydrogen) atoms. The fourth-order valence-corrected chi connectivity index (χ4v) is 4.89. The normalized spacial score (nSPS) is 30.1. The summed E-state index contributed by atoms with van der Waals surface area (Å²) >= 11 is 0. The Morgan fingerprint density at radius 3 is 2.83 bits per heavy atom. The lowest BCUT2D eigenvalue weighted by Crippen LogP contribution is -2.56. The molecule has 3 aliphatic carbocycles. The summed E-state index contributed by atoms with van der Waals surface area (Å²) in [5.41, 5.74) is 3.36. The van der Waals surface area contributed by atoms with E-state index in [9.17, 15) is 4.39 Å². The van der Waals surface area contributed by atoms with E-state index in [1.165, 1.54) is 19.3 Å². The second kappa shape index (κ2) is 6.09. The molecule has 0 unspecified atom stereocenters. The molecule has 4 heterocycles. The Morgan fingerprint density at radius 1 is 1.28 bits per heavy atom. The molecule has 0 radical (unpaired) electrons. The minimum atomic E-state index is -0.956. The Bertz CT molecular complexity index is 1080. The molecule has 1 aliphatic heterocycles. The maximum absolute atomic E-state index is 13.9. The first-order valence-electron chi connectivity index (χ1n) is 10.0. The molecule has 3 aromatic rings. The number of halogens is 1. The van der Waals surface area contributed by atoms with E-state index in [1.54, 1.807) is 19.5 Å². The van der Waals surface area contributed by atoms with E-state index in [0.717, 1.165) is 23.1 Å². The van der Waals surface area contributed by atoms with E-state index in [1.807, 2.05) is 16.6 Å². The first-order chi connectivity index (χ1) is 14.1. The van der Waals surface area contributed by atoms with Crippen LogP contribution >= 0.6 is 0 Å². The van der Waals surface area contributed by atoms with Crippen LogP contribution in [0.4, 0.5) is 10.3 Å². The summed E-state index contributed by atoms with van der Waals surface area (Å²) in [6.45, 7) is 0.903. The van der Waals surface area contributed by atoms with E-state index in [4.69, 9.17) is 9.84 Å². The first kappa shape index (κ1) is 17.1. The van der Waals surface area contributed by atoms with Crippen LogP contribution in [0.2, 0.25) is 0 Å². The van der Waals surface area contributed by atoms with Gasteiger partial charge in [-0.25, -0.2) is 23.9 Å². The number of imidazole rings is 1. The van der Waals surface area contributed by atoms with Crippen LogP contribution in [0, 0.1) is 5.92 Å². The third-order valence-electron chi connectivity index (χ3n) is 6.59. The van der Waals surface area contributed by atoms with Crippen molar-refractivity contribution in [3.8, 4) is 17.1 Å². The number of aromatic nitrogens is 5. The number of nitrogens with one attached hydrogen (secondary N) is 2. The second-order valence-electron chi connectivity index (χ2n) is 8.42. The zero-order valence-electron chi connectivity index (χ0n) is 16.1. The SMILES string of the molecule is COc1cc2ncc(-c3ccnc(N[C@H]4CNC[C@@H]4F)n3)n2nc1C12CC(C1)C2. The third-order valence-corrected chi connectivity index (χ3v) is 6.59. The van der Waals surface area contributed by atoms with Crippen LogP contribution in [0.5, 0.6) is 5.75 Å². The summed E-state index contributed by atoms with van der Waals surface area (Å²) in [5, 5.41) is 11.1. The Hall–Kier alpha value is -2.81. The second-order valence-corrected chi connectivity index (χ2v) is 8.42. The molecule has 7 rings (SSSR count). The van der Waals surface area contributed by atoms with E-state index >= 15 is 0 Å². The van der Waals surface area contributed by atoms with Crippen molar-refractivity contribution in [2.45, 2.75) is 36.9 Å². The van der Waals surface area contributed by atoms with Gasteiger partial charge in [-0.05, 0) is 31.2 Å². The molecule has 0 amide bonds. The quantitative estimate of drug-likeness (QED) is 0.683. The number of fused-ring (bicyclic) bond motifs is 1. The van der Waals surface area contributed by atoms with Crippen molar-refractivity contribution in [2.24, 2.45) is 5.92 Å². The molecule has 3 saturated carbocycles. The molecule has 2 bridgehead atoms. The summed E-state index contributed by atoms with van der Waals surface area (Å²) in [6, 6.07) is 3.44. The summed E-state index contributed by atoms with van der Waals surface area (Å²) in [5.74, 6) is 2.06. The summed E-state index contributed by atoms with van der Waals surface area (Å²) in [4.78, 5) is 13.3. The molecule has 0 spiro atoms. The van der Waals surface area contributed by atoms with Crippen molar-refractivity contribution in [3.63, 3.8) is 0 Å². The van der Waals surface area contributed by atoms with Gasteiger partial charge in [-0.2, -0.15) is 5.10 Å². The van der Waals surface area contributed by atoms with Gasteiger partial charge in [-0.15, -0.1) is 0 Å². The average molecular weight is 395 g/mol. The van der Waals surface area contributed by atoms with Crippen molar-refractivity contribution < 1.29 is 9.13 Å². The molecular weight excluding hydrogens is 373 g/mol. The molecule has 2 atom stereocenters. The van der Waals surface area contributed by atoms with Gasteiger partial charge in [0, 0.05) is 30.8 Å². The molecule has 3 aromatic heterocycles. The van der Waals surface area contributed by atoms with E-state index in [0.29, 0.717) is 30.4 Å². The summed E-state index contributed by atoms with van der Waals surface area (Å²) in [7, 11) is 1.69. The fourth-order valence-electron chi connectivity index (χ4n) is 4.89. The molecule has 1 saturated heterocycles. The van der Waals surface area contributed by atoms with Crippen LogP contribution in [-0.4, -0.2) is 57.0 Å². The highest BCUT2D eigenvalue weighted by atomic mass is 19.1. The first-order valence-corrected chi connectivity index (χ1v) is 10.0. The van der Waals surface area contributed by atoms with Gasteiger partial charge in [0.1, 0.15) is 23.3 Å². The summed E-state index contributed by atoms with van der Waals surface area (Å²) in [6.07, 6.45) is 6.04. The Kier molecular flexibility index (Phi) is 3.59. The number of methoxy groups -OCH3 is 1. The average Bonchev–Trinajstić information content (AvgIpc) is 3.25. The van der Waals surface area contributed by atoms with Gasteiger partial charge in [-0.3, -0.25) is 0 Å². The number of rotatable bonds is 5. The van der Waals surface area contributed by atoms with Crippen molar-refractivity contribution in [3.05, 3.63) is 30.2 Å². The van der Waals surface area contributed by atoms with E-state index in [2.05, 4.69) is 25.6 Å². The molecular formula is C20H22FN7O. The highest BCUT2D eigenvalue weighted by Crippen LogP contribution is 2.66. The van der Waals surface area contributed by atoms with Crippen LogP contribution in [0.25, 0.3) is 17.0 Å². The zero-order valence-corrected chi connectivity index (χ0v) is 16.1. The van der Waals surface area contributed by atoms with Gasteiger partial charge in [0.15, 0.2) is 5.65 Å². The van der Waals surface area contributed by atoms with E-state index in [-0.39, 0.29) is 11.5 Å². The number of hydrogen-bond acceptors (Lipinski definition) is 7. The maximum atomic E-state index is 13.9. The predicted molar refractivity (Wildman–Crippen MR) is 105 cm³/mol. The molecule has 8 nitrogen and oxygen atoms in total. The summed E-state index contributed by atoms with van der Waals surface area (Å²) < 4.78 is 21.4. The Labute approximate surface area is 166 Å². The number of hydrogen-bond donors (Lipinski definition) is 2. The van der Waals surface area contributed by atoms with Crippen molar-refractivity contribution in [2.75, 3.05) is 25.5 Å². The topological polar surface area (TPSA) is 89.3 Å². The van der Waals surface area contributed by atoms with Gasteiger partial charge in [-0.1, -0.05) is 0 Å². The lowest BCUT2D eigenvalue weighted by Gasteiger charge is -2.61. The third kappa shape index (κ3) is 2.53. The zero-order chi connectivity index (χ0) is 19.6. The highest BCUT2D eigenvalue weighted by Gasteiger charge is 2.59. The Morgan fingerprint density at radius 2 is 2.14 bits per heavy atom. The van der Waals surface area contributed by atoms with Crippen LogP contribution < -0.4 is 15.4 Å². The van der Waals surface area contributed by atoms with Gasteiger partial charge >= 0.3 is 0 Å². The van der Waals surface area contributed by atoms with Gasteiger partial charge in [0.2, 0.25) is 5.95 Å². The fraction of sp³-hybridized carbons (Fsp3) is 0.500. The predicted octanol–water partition coefficient (Wildman–Crippen LogP) is 1.97. The number of alkyl halides is 1.